The number of benzene rings is 2. The maximum atomic E-state index is 13.9. The number of hydrogen-bond donors (Lipinski definition) is 0. The van der Waals surface area contributed by atoms with Crippen LogP contribution in [0.1, 0.15) is 43.4 Å². The molecular weight excluding hydrogens is 391 g/mol. The lowest BCUT2D eigenvalue weighted by Gasteiger charge is -2.17. The van der Waals surface area contributed by atoms with E-state index in [1.165, 1.54) is 6.07 Å². The normalized spacial score (nSPS) is 11.5. The highest BCUT2D eigenvalue weighted by atomic mass is 35.5. The van der Waals surface area contributed by atoms with Crippen LogP contribution in [0.25, 0.3) is 11.3 Å². The van der Waals surface area contributed by atoms with Gasteiger partial charge in [-0.1, -0.05) is 32.4 Å². The summed E-state index contributed by atoms with van der Waals surface area (Å²) in [5.74, 6) is 0.897. The molecule has 0 fully saturated rings. The molecule has 152 valence electrons. The first kappa shape index (κ1) is 21.1. The topological polar surface area (TPSA) is 44.1 Å². The molecule has 29 heavy (non-hydrogen) atoms. The molecule has 0 aliphatic heterocycles. The standard InChI is InChI=1S/C23H24ClFN2O2/c1-23(2,3)10-9-22-26-13-20(27(22)4)15-5-7-17(8-6-15)29-21-12-16(24)11-19(25)18(21)14-28/h5-8,11-14H,9-10H2,1-4H3. The number of nitrogens with zero attached hydrogens (tertiary/aromatic N) is 2. The monoisotopic (exact) mass is 414 g/mol. The van der Waals surface area contributed by atoms with Crippen LogP contribution in [0.3, 0.4) is 0 Å². The Bertz CT molecular complexity index is 1020. The van der Waals surface area contributed by atoms with Crippen LogP contribution in [0, 0.1) is 11.2 Å². The summed E-state index contributed by atoms with van der Waals surface area (Å²) >= 11 is 5.88. The second-order valence-corrected chi connectivity index (χ2v) is 8.66. The summed E-state index contributed by atoms with van der Waals surface area (Å²) in [6.45, 7) is 6.66. The summed E-state index contributed by atoms with van der Waals surface area (Å²) in [6, 6.07) is 9.85. The van der Waals surface area contributed by atoms with Crippen LogP contribution < -0.4 is 4.74 Å². The molecule has 0 aliphatic carbocycles. The Morgan fingerprint density at radius 2 is 1.90 bits per heavy atom. The SMILES string of the molecule is Cn1c(-c2ccc(Oc3cc(Cl)cc(F)c3C=O)cc2)cnc1CCC(C)(C)C. The zero-order chi connectivity index (χ0) is 21.2. The third-order valence-electron chi connectivity index (χ3n) is 4.74. The molecule has 0 unspecified atom stereocenters. The van der Waals surface area contributed by atoms with Gasteiger partial charge in [0.25, 0.3) is 0 Å². The van der Waals surface area contributed by atoms with Crippen molar-refractivity contribution in [1.82, 2.24) is 9.55 Å². The summed E-state index contributed by atoms with van der Waals surface area (Å²) in [5, 5.41) is 0.164. The van der Waals surface area contributed by atoms with Gasteiger partial charge >= 0.3 is 0 Å². The molecule has 1 heterocycles. The average molecular weight is 415 g/mol. The van der Waals surface area contributed by atoms with Crippen molar-refractivity contribution in [3.05, 3.63) is 64.8 Å². The van der Waals surface area contributed by atoms with Crippen LogP contribution in [0.15, 0.2) is 42.6 Å². The number of aromatic nitrogens is 2. The van der Waals surface area contributed by atoms with Crippen molar-refractivity contribution in [2.24, 2.45) is 12.5 Å². The number of aldehydes is 1. The number of aryl methyl sites for hydroxylation is 1. The van der Waals surface area contributed by atoms with Crippen molar-refractivity contribution >= 4 is 17.9 Å². The van der Waals surface area contributed by atoms with Crippen LogP contribution in [-0.4, -0.2) is 15.8 Å². The van der Waals surface area contributed by atoms with Gasteiger partial charge in [-0.25, -0.2) is 9.37 Å². The Morgan fingerprint density at radius 3 is 2.52 bits per heavy atom. The number of carbonyl (C=O) groups is 1. The van der Waals surface area contributed by atoms with Crippen molar-refractivity contribution in [1.29, 1.82) is 0 Å². The van der Waals surface area contributed by atoms with Gasteiger partial charge in [-0.05, 0) is 42.2 Å². The smallest absolute Gasteiger partial charge is 0.156 e. The van der Waals surface area contributed by atoms with E-state index in [2.05, 4.69) is 30.3 Å². The number of hydrogen-bond acceptors (Lipinski definition) is 3. The molecule has 0 amide bonds. The summed E-state index contributed by atoms with van der Waals surface area (Å²) < 4.78 is 21.7. The molecule has 0 atom stereocenters. The van der Waals surface area contributed by atoms with E-state index >= 15 is 0 Å². The summed E-state index contributed by atoms with van der Waals surface area (Å²) in [6.07, 6.45) is 4.25. The summed E-state index contributed by atoms with van der Waals surface area (Å²) in [7, 11) is 2.01. The first-order valence-electron chi connectivity index (χ1n) is 9.41. The molecule has 1 aromatic heterocycles. The molecule has 3 rings (SSSR count). The molecule has 0 bridgehead atoms. The number of carbonyl (C=O) groups excluding carboxylic acids is 1. The lowest BCUT2D eigenvalue weighted by molar-refractivity contribution is 0.111. The van der Waals surface area contributed by atoms with Gasteiger partial charge in [-0.2, -0.15) is 0 Å². The predicted octanol–water partition coefficient (Wildman–Crippen LogP) is 6.46. The highest BCUT2D eigenvalue weighted by molar-refractivity contribution is 6.30. The Kier molecular flexibility index (Phi) is 6.08. The van der Waals surface area contributed by atoms with E-state index in [-0.39, 0.29) is 21.8 Å². The molecule has 0 radical (unpaired) electrons. The number of halogens is 2. The minimum Gasteiger partial charge on any atom is -0.456 e. The molecule has 6 heteroatoms. The predicted molar refractivity (Wildman–Crippen MR) is 113 cm³/mol. The second-order valence-electron chi connectivity index (χ2n) is 8.22. The molecule has 2 aromatic carbocycles. The van der Waals surface area contributed by atoms with Gasteiger partial charge in [0.2, 0.25) is 0 Å². The van der Waals surface area contributed by atoms with Crippen LogP contribution in [0.5, 0.6) is 11.5 Å². The number of rotatable bonds is 6. The highest BCUT2D eigenvalue weighted by Crippen LogP contribution is 2.31. The quantitative estimate of drug-likeness (QED) is 0.434. The van der Waals surface area contributed by atoms with Crippen molar-refractivity contribution in [3.8, 4) is 22.8 Å². The minimum atomic E-state index is -0.711. The molecule has 4 nitrogen and oxygen atoms in total. The summed E-state index contributed by atoms with van der Waals surface area (Å²) in [4.78, 5) is 15.7. The Hall–Kier alpha value is -2.66. The van der Waals surface area contributed by atoms with Gasteiger partial charge < -0.3 is 9.30 Å². The lowest BCUT2D eigenvalue weighted by atomic mass is 9.90. The van der Waals surface area contributed by atoms with Crippen molar-refractivity contribution in [2.75, 3.05) is 0 Å². The maximum Gasteiger partial charge on any atom is 0.156 e. The Balaban J connectivity index is 1.80. The lowest BCUT2D eigenvalue weighted by Crippen LogP contribution is -2.09. The Morgan fingerprint density at radius 1 is 1.21 bits per heavy atom. The van der Waals surface area contributed by atoms with Gasteiger partial charge in [0.15, 0.2) is 6.29 Å². The molecule has 0 saturated heterocycles. The maximum absolute atomic E-state index is 13.9. The third kappa shape index (κ3) is 5.04. The fourth-order valence-electron chi connectivity index (χ4n) is 3.02. The minimum absolute atomic E-state index is 0.0859. The van der Waals surface area contributed by atoms with Gasteiger partial charge in [0.05, 0.1) is 17.5 Å². The number of ether oxygens (including phenoxy) is 1. The van der Waals surface area contributed by atoms with Crippen molar-refractivity contribution < 1.29 is 13.9 Å². The van der Waals surface area contributed by atoms with E-state index in [1.807, 2.05) is 25.4 Å². The largest absolute Gasteiger partial charge is 0.456 e. The van der Waals surface area contributed by atoms with Crippen molar-refractivity contribution in [3.63, 3.8) is 0 Å². The fourth-order valence-corrected chi connectivity index (χ4v) is 3.21. The van der Waals surface area contributed by atoms with Gasteiger partial charge in [0.1, 0.15) is 23.1 Å². The van der Waals surface area contributed by atoms with Gasteiger partial charge in [-0.15, -0.1) is 0 Å². The van der Waals surface area contributed by atoms with E-state index in [4.69, 9.17) is 16.3 Å². The molecular formula is C23H24ClFN2O2. The summed E-state index contributed by atoms with van der Waals surface area (Å²) in [5.41, 5.74) is 2.09. The van der Waals surface area contributed by atoms with Crippen LogP contribution in [0.4, 0.5) is 4.39 Å². The molecule has 0 spiro atoms. The first-order valence-corrected chi connectivity index (χ1v) is 9.79. The van der Waals surface area contributed by atoms with E-state index in [0.717, 1.165) is 36.0 Å². The molecule has 3 aromatic rings. The number of imidazole rings is 1. The fraction of sp³-hybridized carbons (Fsp3) is 0.304. The highest BCUT2D eigenvalue weighted by Gasteiger charge is 2.15. The molecule has 0 N–H and O–H groups in total. The van der Waals surface area contributed by atoms with E-state index in [1.54, 1.807) is 12.1 Å². The van der Waals surface area contributed by atoms with E-state index < -0.39 is 5.82 Å². The van der Waals surface area contributed by atoms with E-state index in [9.17, 15) is 9.18 Å². The van der Waals surface area contributed by atoms with Gasteiger partial charge in [0, 0.05) is 30.1 Å². The van der Waals surface area contributed by atoms with Crippen LogP contribution in [0.2, 0.25) is 5.02 Å². The molecule has 0 aliphatic rings. The average Bonchev–Trinajstić information content (AvgIpc) is 3.00. The first-order chi connectivity index (χ1) is 13.7. The Labute approximate surface area is 175 Å². The van der Waals surface area contributed by atoms with E-state index in [0.29, 0.717) is 12.0 Å². The zero-order valence-electron chi connectivity index (χ0n) is 17.0. The van der Waals surface area contributed by atoms with Crippen LogP contribution >= 0.6 is 11.6 Å². The molecule has 0 saturated carbocycles. The third-order valence-corrected chi connectivity index (χ3v) is 4.95. The zero-order valence-corrected chi connectivity index (χ0v) is 17.8. The van der Waals surface area contributed by atoms with Crippen molar-refractivity contribution in [2.45, 2.75) is 33.6 Å². The van der Waals surface area contributed by atoms with Gasteiger partial charge in [-0.3, -0.25) is 4.79 Å². The second kappa shape index (κ2) is 8.37. The van der Waals surface area contributed by atoms with Crippen LogP contribution in [-0.2, 0) is 13.5 Å².